The third kappa shape index (κ3) is 0.917. The third-order valence-electron chi connectivity index (χ3n) is 2.06. The second kappa shape index (κ2) is 2.32. The number of Topliss-reactive ketones (excluding diaryl/α,β-unsaturated/α-hetero) is 2. The van der Waals surface area contributed by atoms with Gasteiger partial charge in [-0.1, -0.05) is 0 Å². The highest BCUT2D eigenvalue weighted by Gasteiger charge is 2.31. The molecule has 0 aliphatic heterocycles. The molecule has 1 aromatic carbocycles. The molecule has 1 aliphatic rings. The SMILES string of the molecule is O=C1CC(=O)c2c1ccc(O)c2O. The van der Waals surface area contributed by atoms with E-state index in [0.717, 1.165) is 0 Å². The van der Waals surface area contributed by atoms with Gasteiger partial charge in [-0.3, -0.25) is 9.59 Å². The van der Waals surface area contributed by atoms with Crippen LogP contribution in [0.5, 0.6) is 11.5 Å². The van der Waals surface area contributed by atoms with Crippen molar-refractivity contribution in [2.45, 2.75) is 6.42 Å². The zero-order chi connectivity index (χ0) is 9.59. The van der Waals surface area contributed by atoms with E-state index in [9.17, 15) is 14.7 Å². The van der Waals surface area contributed by atoms with E-state index in [2.05, 4.69) is 0 Å². The minimum Gasteiger partial charge on any atom is -0.504 e. The summed E-state index contributed by atoms with van der Waals surface area (Å²) in [5.74, 6) is -1.61. The Morgan fingerprint density at radius 3 is 2.46 bits per heavy atom. The van der Waals surface area contributed by atoms with E-state index in [1.54, 1.807) is 0 Å². The van der Waals surface area contributed by atoms with Crippen LogP contribution in [-0.4, -0.2) is 21.8 Å². The van der Waals surface area contributed by atoms with Gasteiger partial charge in [-0.05, 0) is 12.1 Å². The number of phenols is 2. The number of benzene rings is 1. The topological polar surface area (TPSA) is 74.6 Å². The van der Waals surface area contributed by atoms with Crippen LogP contribution in [0, 0.1) is 0 Å². The van der Waals surface area contributed by atoms with E-state index in [-0.39, 0.29) is 29.1 Å². The third-order valence-corrected chi connectivity index (χ3v) is 2.06. The fourth-order valence-corrected chi connectivity index (χ4v) is 1.42. The normalized spacial score (nSPS) is 14.8. The summed E-state index contributed by atoms with van der Waals surface area (Å²) in [5.41, 5.74) is 0.144. The number of carbonyl (C=O) groups excluding carboxylic acids is 2. The van der Waals surface area contributed by atoms with Gasteiger partial charge in [0.25, 0.3) is 0 Å². The zero-order valence-electron chi connectivity index (χ0n) is 6.57. The lowest BCUT2D eigenvalue weighted by atomic mass is 10.1. The Morgan fingerprint density at radius 2 is 1.77 bits per heavy atom. The molecule has 0 heterocycles. The predicted molar refractivity (Wildman–Crippen MR) is 43.0 cm³/mol. The average Bonchev–Trinajstić information content (AvgIpc) is 2.35. The average molecular weight is 178 g/mol. The summed E-state index contributed by atoms with van der Waals surface area (Å²) >= 11 is 0. The number of hydrogen-bond acceptors (Lipinski definition) is 4. The van der Waals surface area contributed by atoms with Gasteiger partial charge in [0.15, 0.2) is 23.1 Å². The number of rotatable bonds is 0. The van der Waals surface area contributed by atoms with Gasteiger partial charge in [0, 0.05) is 5.56 Å². The van der Waals surface area contributed by atoms with Crippen LogP contribution in [0.1, 0.15) is 27.1 Å². The standard InChI is InChI=1S/C9H6O4/c10-5-2-1-4-6(11)3-7(12)8(4)9(5)13/h1-2,10,13H,3H2. The van der Waals surface area contributed by atoms with E-state index < -0.39 is 11.5 Å². The van der Waals surface area contributed by atoms with E-state index in [4.69, 9.17) is 5.11 Å². The van der Waals surface area contributed by atoms with Crippen molar-refractivity contribution in [3.05, 3.63) is 23.3 Å². The Balaban J connectivity index is 2.78. The summed E-state index contributed by atoms with van der Waals surface area (Å²) in [4.78, 5) is 22.3. The molecule has 0 radical (unpaired) electrons. The number of aromatic hydroxyl groups is 2. The zero-order valence-corrected chi connectivity index (χ0v) is 6.57. The van der Waals surface area contributed by atoms with Crippen molar-refractivity contribution in [2.75, 3.05) is 0 Å². The van der Waals surface area contributed by atoms with Crippen LogP contribution in [0.4, 0.5) is 0 Å². The maximum Gasteiger partial charge on any atom is 0.175 e. The molecule has 4 nitrogen and oxygen atoms in total. The van der Waals surface area contributed by atoms with E-state index in [0.29, 0.717) is 0 Å². The summed E-state index contributed by atoms with van der Waals surface area (Å²) in [6, 6.07) is 2.54. The Labute approximate surface area is 73.4 Å². The largest absolute Gasteiger partial charge is 0.504 e. The molecule has 0 fully saturated rings. The van der Waals surface area contributed by atoms with Gasteiger partial charge in [-0.15, -0.1) is 0 Å². The summed E-state index contributed by atoms with van der Waals surface area (Å²) < 4.78 is 0. The van der Waals surface area contributed by atoms with Crippen molar-refractivity contribution in [1.29, 1.82) is 0 Å². The van der Waals surface area contributed by atoms with Crippen LogP contribution < -0.4 is 0 Å². The molecule has 0 spiro atoms. The molecule has 1 aliphatic carbocycles. The van der Waals surface area contributed by atoms with Gasteiger partial charge < -0.3 is 10.2 Å². The quantitative estimate of drug-likeness (QED) is 0.456. The minimum atomic E-state index is -0.492. The molecule has 2 rings (SSSR count). The smallest absolute Gasteiger partial charge is 0.175 e. The molecule has 4 heteroatoms. The van der Waals surface area contributed by atoms with Crippen molar-refractivity contribution >= 4 is 11.6 Å². The first kappa shape index (κ1) is 7.79. The van der Waals surface area contributed by atoms with E-state index >= 15 is 0 Å². The first-order valence-corrected chi connectivity index (χ1v) is 3.72. The van der Waals surface area contributed by atoms with E-state index in [1.807, 2.05) is 0 Å². The Bertz CT molecular complexity index is 420. The van der Waals surface area contributed by atoms with Crippen LogP contribution in [0.15, 0.2) is 12.1 Å². The fourth-order valence-electron chi connectivity index (χ4n) is 1.42. The number of phenolic OH excluding ortho intramolecular Hbond substituents is 2. The van der Waals surface area contributed by atoms with Crippen LogP contribution in [-0.2, 0) is 0 Å². The van der Waals surface area contributed by atoms with Gasteiger partial charge in [-0.25, -0.2) is 0 Å². The maximum atomic E-state index is 11.2. The molecular formula is C9H6O4. The van der Waals surface area contributed by atoms with Crippen molar-refractivity contribution < 1.29 is 19.8 Å². The molecule has 0 saturated carbocycles. The number of carbonyl (C=O) groups is 2. The minimum absolute atomic E-state index is 0.0509. The molecule has 0 amide bonds. The molecule has 0 bridgehead atoms. The monoisotopic (exact) mass is 178 g/mol. The highest BCUT2D eigenvalue weighted by Crippen LogP contribution is 2.36. The van der Waals surface area contributed by atoms with Crippen molar-refractivity contribution in [2.24, 2.45) is 0 Å². The molecule has 0 aromatic heterocycles. The molecule has 66 valence electrons. The van der Waals surface area contributed by atoms with Crippen molar-refractivity contribution in [3.8, 4) is 11.5 Å². The Hall–Kier alpha value is -1.84. The highest BCUT2D eigenvalue weighted by molar-refractivity contribution is 6.25. The Kier molecular flexibility index (Phi) is 1.39. The molecule has 1 aromatic rings. The van der Waals surface area contributed by atoms with Crippen LogP contribution in [0.3, 0.4) is 0 Å². The maximum absolute atomic E-state index is 11.2. The second-order valence-electron chi connectivity index (χ2n) is 2.88. The van der Waals surface area contributed by atoms with Gasteiger partial charge in [-0.2, -0.15) is 0 Å². The van der Waals surface area contributed by atoms with Gasteiger partial charge >= 0.3 is 0 Å². The van der Waals surface area contributed by atoms with Crippen molar-refractivity contribution in [1.82, 2.24) is 0 Å². The molecular weight excluding hydrogens is 172 g/mol. The number of fused-ring (bicyclic) bond motifs is 1. The van der Waals surface area contributed by atoms with Gasteiger partial charge in [0.1, 0.15) is 0 Å². The number of hydrogen-bond donors (Lipinski definition) is 2. The van der Waals surface area contributed by atoms with Crippen LogP contribution in [0.25, 0.3) is 0 Å². The van der Waals surface area contributed by atoms with E-state index in [1.165, 1.54) is 12.1 Å². The predicted octanol–water partition coefficient (Wildman–Crippen LogP) is 0.867. The fraction of sp³-hybridized carbons (Fsp3) is 0.111. The summed E-state index contributed by atoms with van der Waals surface area (Å²) in [6.45, 7) is 0. The first-order chi connectivity index (χ1) is 6.11. The summed E-state index contributed by atoms with van der Waals surface area (Å²) in [5, 5.41) is 18.4. The summed E-state index contributed by atoms with van der Waals surface area (Å²) in [7, 11) is 0. The molecule has 2 N–H and O–H groups in total. The molecule has 0 atom stereocenters. The lowest BCUT2D eigenvalue weighted by Crippen LogP contribution is -1.91. The molecule has 0 unspecified atom stereocenters. The van der Waals surface area contributed by atoms with Crippen molar-refractivity contribution in [3.63, 3.8) is 0 Å². The second-order valence-corrected chi connectivity index (χ2v) is 2.88. The molecule has 0 saturated heterocycles. The van der Waals surface area contributed by atoms with Crippen LogP contribution >= 0.6 is 0 Å². The van der Waals surface area contributed by atoms with Gasteiger partial charge in [0.2, 0.25) is 0 Å². The number of ketones is 2. The highest BCUT2D eigenvalue weighted by atomic mass is 16.3. The lowest BCUT2D eigenvalue weighted by Gasteiger charge is -2.01. The Morgan fingerprint density at radius 1 is 1.08 bits per heavy atom. The summed E-state index contributed by atoms with van der Waals surface area (Å²) in [6.07, 6.45) is -0.216. The lowest BCUT2D eigenvalue weighted by molar-refractivity contribution is 0.0922. The van der Waals surface area contributed by atoms with Crippen LogP contribution in [0.2, 0.25) is 0 Å². The van der Waals surface area contributed by atoms with Gasteiger partial charge in [0.05, 0.1) is 12.0 Å². The molecule has 13 heavy (non-hydrogen) atoms. The first-order valence-electron chi connectivity index (χ1n) is 3.72.